The van der Waals surface area contributed by atoms with Gasteiger partial charge in [0.05, 0.1) is 31.4 Å². The zero-order valence-corrected chi connectivity index (χ0v) is 19.5. The third-order valence-electron chi connectivity index (χ3n) is 5.97. The first-order chi connectivity index (χ1) is 15.5. The van der Waals surface area contributed by atoms with Gasteiger partial charge in [0, 0.05) is 43.1 Å². The number of likely N-dealkylation sites (tertiary alicyclic amines) is 1. The van der Waals surface area contributed by atoms with Crippen molar-refractivity contribution in [3.63, 3.8) is 0 Å². The highest BCUT2D eigenvalue weighted by Gasteiger charge is 2.31. The van der Waals surface area contributed by atoms with Gasteiger partial charge in [0.25, 0.3) is 11.8 Å². The summed E-state index contributed by atoms with van der Waals surface area (Å²) in [5, 5.41) is 0. The molecule has 0 bridgehead atoms. The van der Waals surface area contributed by atoms with Crippen LogP contribution < -0.4 is 9.47 Å². The van der Waals surface area contributed by atoms with Crippen LogP contribution in [-0.4, -0.2) is 77.1 Å². The smallest absolute Gasteiger partial charge is 0.259 e. The van der Waals surface area contributed by atoms with Crippen LogP contribution in [0.5, 0.6) is 11.8 Å². The summed E-state index contributed by atoms with van der Waals surface area (Å²) in [6.45, 7) is 3.90. The molecule has 0 saturated carbocycles. The average Bonchev–Trinajstić information content (AvgIpc) is 3.38. The predicted molar refractivity (Wildman–Crippen MR) is 123 cm³/mol. The van der Waals surface area contributed by atoms with E-state index in [0.29, 0.717) is 30.1 Å². The normalized spacial score (nSPS) is 16.8. The van der Waals surface area contributed by atoms with Crippen molar-refractivity contribution in [1.29, 1.82) is 0 Å². The van der Waals surface area contributed by atoms with Gasteiger partial charge in [0.1, 0.15) is 5.56 Å². The largest absolute Gasteiger partial charge is 0.481 e. The maximum atomic E-state index is 13.1. The maximum absolute atomic E-state index is 13.1. The molecule has 170 valence electrons. The van der Waals surface area contributed by atoms with Crippen LogP contribution in [0.2, 0.25) is 0 Å². The van der Waals surface area contributed by atoms with E-state index in [0.717, 1.165) is 42.4 Å². The molecule has 4 heterocycles. The van der Waals surface area contributed by atoms with Crippen LogP contribution in [0.25, 0.3) is 0 Å². The van der Waals surface area contributed by atoms with E-state index in [4.69, 9.17) is 14.5 Å². The zero-order valence-electron chi connectivity index (χ0n) is 18.7. The number of aryl methyl sites for hydroxylation is 1. The third kappa shape index (κ3) is 4.53. The van der Waals surface area contributed by atoms with E-state index in [-0.39, 0.29) is 23.6 Å². The Morgan fingerprint density at radius 2 is 1.66 bits per heavy atom. The molecule has 8 nitrogen and oxygen atoms in total. The van der Waals surface area contributed by atoms with Crippen LogP contribution >= 0.6 is 11.8 Å². The Morgan fingerprint density at radius 3 is 2.31 bits per heavy atom. The van der Waals surface area contributed by atoms with Crippen LogP contribution in [-0.2, 0) is 0 Å². The molecule has 9 heteroatoms. The van der Waals surface area contributed by atoms with Crippen molar-refractivity contribution in [2.24, 2.45) is 0 Å². The second kappa shape index (κ2) is 9.77. The van der Waals surface area contributed by atoms with Gasteiger partial charge in [-0.25, -0.2) is 0 Å². The second-order valence-corrected chi connectivity index (χ2v) is 9.04. The van der Waals surface area contributed by atoms with Gasteiger partial charge < -0.3 is 19.3 Å². The van der Waals surface area contributed by atoms with Crippen molar-refractivity contribution in [3.05, 3.63) is 46.8 Å². The van der Waals surface area contributed by atoms with E-state index in [1.807, 2.05) is 28.9 Å². The van der Waals surface area contributed by atoms with Crippen LogP contribution in [0.4, 0.5) is 0 Å². The highest BCUT2D eigenvalue weighted by Crippen LogP contribution is 2.32. The molecule has 0 radical (unpaired) electrons. The van der Waals surface area contributed by atoms with Crippen molar-refractivity contribution in [2.45, 2.75) is 25.7 Å². The molecule has 2 aliphatic rings. The van der Waals surface area contributed by atoms with E-state index in [2.05, 4.69) is 4.98 Å². The van der Waals surface area contributed by atoms with Gasteiger partial charge in [-0.1, -0.05) is 0 Å². The molecule has 0 atom stereocenters. The van der Waals surface area contributed by atoms with Gasteiger partial charge >= 0.3 is 0 Å². The molecular weight excluding hydrogens is 428 g/mol. The number of aromatic nitrogens is 2. The summed E-state index contributed by atoms with van der Waals surface area (Å²) >= 11 is 1.77. The van der Waals surface area contributed by atoms with Gasteiger partial charge in [-0.05, 0) is 38.0 Å². The van der Waals surface area contributed by atoms with E-state index in [1.54, 1.807) is 23.9 Å². The van der Waals surface area contributed by atoms with Gasteiger partial charge in [0.15, 0.2) is 0 Å². The first kappa shape index (κ1) is 22.4. The summed E-state index contributed by atoms with van der Waals surface area (Å²) in [5.74, 6) is 2.46. The van der Waals surface area contributed by atoms with Crippen LogP contribution in [0, 0.1) is 6.92 Å². The standard InChI is InChI=1S/C23H28N4O4S/c1-15-4-5-17(22(28)27-12-13-32-14-27)20(24-15)16-8-10-26(11-9-16)23(29)18-6-7-19(30-2)25-21(18)31-3/h4-7,16H,8-14H2,1-3H3. The number of pyridine rings is 2. The molecule has 2 aromatic rings. The number of hydrogen-bond acceptors (Lipinski definition) is 7. The number of ether oxygens (including phenoxy) is 2. The lowest BCUT2D eigenvalue weighted by molar-refractivity contribution is 0.0703. The number of hydrogen-bond donors (Lipinski definition) is 0. The number of rotatable bonds is 5. The Labute approximate surface area is 192 Å². The fourth-order valence-electron chi connectivity index (χ4n) is 4.20. The number of amides is 2. The Bertz CT molecular complexity index is 1000. The van der Waals surface area contributed by atoms with Gasteiger partial charge in [-0.2, -0.15) is 4.98 Å². The molecule has 0 spiro atoms. The molecule has 0 aliphatic carbocycles. The Morgan fingerprint density at radius 1 is 0.938 bits per heavy atom. The summed E-state index contributed by atoms with van der Waals surface area (Å²) < 4.78 is 10.4. The minimum Gasteiger partial charge on any atom is -0.481 e. The van der Waals surface area contributed by atoms with E-state index < -0.39 is 0 Å². The number of thioether (sulfide) groups is 1. The van der Waals surface area contributed by atoms with Crippen LogP contribution in [0.3, 0.4) is 0 Å². The quantitative estimate of drug-likeness (QED) is 0.684. The number of nitrogens with zero attached hydrogens (tertiary/aromatic N) is 4. The first-order valence-electron chi connectivity index (χ1n) is 10.7. The second-order valence-electron chi connectivity index (χ2n) is 7.97. The molecule has 0 N–H and O–H groups in total. The fourth-order valence-corrected chi connectivity index (χ4v) is 5.14. The molecule has 2 aromatic heterocycles. The summed E-state index contributed by atoms with van der Waals surface area (Å²) in [5.41, 5.74) is 2.88. The molecule has 2 fully saturated rings. The number of piperidine rings is 1. The molecule has 2 aliphatic heterocycles. The highest BCUT2D eigenvalue weighted by molar-refractivity contribution is 7.99. The van der Waals surface area contributed by atoms with Gasteiger partial charge in [-0.15, -0.1) is 11.8 Å². The van der Waals surface area contributed by atoms with Crippen molar-refractivity contribution < 1.29 is 19.1 Å². The van der Waals surface area contributed by atoms with Crippen LogP contribution in [0.1, 0.15) is 50.9 Å². The predicted octanol–water partition coefficient (Wildman–Crippen LogP) is 2.97. The van der Waals surface area contributed by atoms with E-state index >= 15 is 0 Å². The number of methoxy groups -OCH3 is 2. The molecule has 2 amide bonds. The molecule has 2 saturated heterocycles. The third-order valence-corrected chi connectivity index (χ3v) is 6.94. The zero-order chi connectivity index (χ0) is 22.7. The van der Waals surface area contributed by atoms with Gasteiger partial charge in [-0.3, -0.25) is 14.6 Å². The topological polar surface area (TPSA) is 84.9 Å². The molecule has 4 rings (SSSR count). The van der Waals surface area contributed by atoms with Crippen LogP contribution in [0.15, 0.2) is 24.3 Å². The number of carbonyl (C=O) groups is 2. The summed E-state index contributed by atoms with van der Waals surface area (Å²) in [6, 6.07) is 7.16. The van der Waals surface area contributed by atoms with Crippen molar-refractivity contribution in [3.8, 4) is 11.8 Å². The van der Waals surface area contributed by atoms with Crippen molar-refractivity contribution in [1.82, 2.24) is 19.8 Å². The maximum Gasteiger partial charge on any atom is 0.259 e. The fraction of sp³-hybridized carbons (Fsp3) is 0.478. The van der Waals surface area contributed by atoms with Gasteiger partial charge in [0.2, 0.25) is 11.8 Å². The molecule has 0 unspecified atom stereocenters. The first-order valence-corrected chi connectivity index (χ1v) is 11.9. The lowest BCUT2D eigenvalue weighted by atomic mass is 9.89. The average molecular weight is 457 g/mol. The summed E-state index contributed by atoms with van der Waals surface area (Å²) in [7, 11) is 3.01. The lowest BCUT2D eigenvalue weighted by Gasteiger charge is -2.33. The Kier molecular flexibility index (Phi) is 6.83. The lowest BCUT2D eigenvalue weighted by Crippen LogP contribution is -2.39. The highest BCUT2D eigenvalue weighted by atomic mass is 32.2. The minimum atomic E-state index is -0.113. The molecular formula is C23H28N4O4S. The monoisotopic (exact) mass is 456 g/mol. The molecule has 32 heavy (non-hydrogen) atoms. The summed E-state index contributed by atoms with van der Waals surface area (Å²) in [4.78, 5) is 38.9. The van der Waals surface area contributed by atoms with E-state index in [1.165, 1.54) is 14.2 Å². The molecule has 0 aromatic carbocycles. The minimum absolute atomic E-state index is 0.0602. The SMILES string of the molecule is COc1ccc(C(=O)N2CCC(c3nc(C)ccc3C(=O)N3CCSC3)CC2)c(OC)n1. The van der Waals surface area contributed by atoms with Crippen molar-refractivity contribution >= 4 is 23.6 Å². The Balaban J connectivity index is 1.49. The number of carbonyl (C=O) groups excluding carboxylic acids is 2. The summed E-state index contributed by atoms with van der Waals surface area (Å²) in [6.07, 6.45) is 1.51. The van der Waals surface area contributed by atoms with E-state index in [9.17, 15) is 9.59 Å². The Hall–Kier alpha value is -2.81. The van der Waals surface area contributed by atoms with Crippen molar-refractivity contribution in [2.75, 3.05) is 45.5 Å².